The molecule has 4 unspecified atom stereocenters. The summed E-state index contributed by atoms with van der Waals surface area (Å²) < 4.78 is 0. The summed E-state index contributed by atoms with van der Waals surface area (Å²) in [5.74, 6) is -3.81. The summed E-state index contributed by atoms with van der Waals surface area (Å²) in [7, 11) is 0. The number of carboxylic acid groups (broad SMARTS) is 3. The number of para-hydroxylation sites is 1. The number of carbonyl (C=O) groups excluding carboxylic acids is 1. The molecule has 0 bridgehead atoms. The molecule has 0 aliphatic rings. The summed E-state index contributed by atoms with van der Waals surface area (Å²) in [5, 5.41) is 53.4. The zero-order valence-electron chi connectivity index (χ0n) is 27.8. The number of rotatable bonds is 16. The molecule has 0 radical (unpaired) electrons. The molecule has 0 aliphatic heterocycles. The van der Waals surface area contributed by atoms with Crippen LogP contribution in [-0.2, 0) is 32.0 Å². The minimum absolute atomic E-state index is 0.112. The minimum Gasteiger partial charge on any atom is -0.480 e. The standard InChI is InChI=1S/C11H12N2O2.C6H10N4O2.2C6H14N4O2/c12-9(11(14)15)5-7-6-13-10-4-2-1-3-8(7)10;7-5(6(11)10-12)1-4-2-8-3-9-4;2*7-4(5(11)12)2-1-3-10-6(8)9/h1-4,6,9,13H,5,12H2,(H,14,15);2-3,5,12H,1,7H2,(H,8,9)(H,10,11);2*4H,1-3,7H2,(H,11,12)(H4,8,9,10). The number of nitrogens with zero attached hydrogens (tertiary/aromatic N) is 1. The maximum Gasteiger partial charge on any atom is 0.320 e. The van der Waals surface area contributed by atoms with Gasteiger partial charge in [0.2, 0.25) is 0 Å². The summed E-state index contributed by atoms with van der Waals surface area (Å²) in [6.07, 6.45) is 7.55. The van der Waals surface area contributed by atoms with Crippen LogP contribution in [0.5, 0.6) is 0 Å². The van der Waals surface area contributed by atoms with Gasteiger partial charge in [-0.3, -0.25) is 35.2 Å². The lowest BCUT2D eigenvalue weighted by Crippen LogP contribution is -2.40. The van der Waals surface area contributed by atoms with E-state index in [0.29, 0.717) is 57.3 Å². The van der Waals surface area contributed by atoms with Gasteiger partial charge >= 0.3 is 17.9 Å². The van der Waals surface area contributed by atoms with Crippen LogP contribution in [-0.4, -0.2) is 108 Å². The molecule has 1 amide bonds. The van der Waals surface area contributed by atoms with Crippen molar-refractivity contribution in [1.29, 1.82) is 10.8 Å². The summed E-state index contributed by atoms with van der Waals surface area (Å²) in [6.45, 7) is 0.965. The maximum absolute atomic E-state index is 10.7. The van der Waals surface area contributed by atoms with Crippen molar-refractivity contribution < 1.29 is 39.7 Å². The van der Waals surface area contributed by atoms with E-state index >= 15 is 0 Å². The number of hydrogen-bond donors (Lipinski definition) is 17. The minimum atomic E-state index is -1.00. The Bertz CT molecular complexity index is 1460. The first-order valence-corrected chi connectivity index (χ1v) is 15.3. The second-order valence-electron chi connectivity index (χ2n) is 10.7. The molecule has 1 aromatic carbocycles. The summed E-state index contributed by atoms with van der Waals surface area (Å²) in [4.78, 5) is 51.5. The van der Waals surface area contributed by atoms with E-state index in [1.807, 2.05) is 30.5 Å². The van der Waals surface area contributed by atoms with Crippen LogP contribution in [0.15, 0.2) is 43.0 Å². The van der Waals surface area contributed by atoms with Crippen LogP contribution in [0.3, 0.4) is 0 Å². The topological polar surface area (TPSA) is 434 Å². The van der Waals surface area contributed by atoms with Crippen molar-refractivity contribution in [1.82, 2.24) is 31.1 Å². The van der Waals surface area contributed by atoms with Crippen molar-refractivity contribution in [3.63, 3.8) is 0 Å². The Morgan fingerprint density at radius 3 is 1.71 bits per heavy atom. The lowest BCUT2D eigenvalue weighted by molar-refractivity contribution is -0.139. The number of carboxylic acids is 3. The number of aliphatic carboxylic acids is 3. The molecule has 0 aliphatic carbocycles. The van der Waals surface area contributed by atoms with E-state index in [1.54, 1.807) is 6.20 Å². The second-order valence-corrected chi connectivity index (χ2v) is 10.7. The van der Waals surface area contributed by atoms with E-state index in [-0.39, 0.29) is 11.9 Å². The molecule has 4 atom stereocenters. The number of amides is 1. The fourth-order valence-electron chi connectivity index (χ4n) is 3.77. The molecule has 3 rings (SSSR count). The highest BCUT2D eigenvalue weighted by molar-refractivity contribution is 5.84. The largest absolute Gasteiger partial charge is 0.480 e. The Labute approximate surface area is 292 Å². The number of carbonyl (C=O) groups is 4. The van der Waals surface area contributed by atoms with E-state index in [4.69, 9.17) is 65.7 Å². The average Bonchev–Trinajstić information content (AvgIpc) is 3.75. The molecule has 51 heavy (non-hydrogen) atoms. The van der Waals surface area contributed by atoms with Crippen LogP contribution < -0.4 is 50.5 Å². The average molecular weight is 723 g/mol. The van der Waals surface area contributed by atoms with Gasteiger partial charge in [-0.2, -0.15) is 0 Å². The van der Waals surface area contributed by atoms with Gasteiger partial charge in [0.15, 0.2) is 11.9 Å². The smallest absolute Gasteiger partial charge is 0.320 e. The molecular weight excluding hydrogens is 672 g/mol. The zero-order chi connectivity index (χ0) is 38.9. The highest BCUT2D eigenvalue weighted by Gasteiger charge is 2.15. The Balaban J connectivity index is 0.000000658. The SMILES string of the molecule is N=C(N)NCCCC(N)C(=O)O.N=C(N)NCCCC(N)C(=O)O.NC(Cc1c[nH]c2ccccc12)C(=O)O.NC(Cc1c[nH]cn1)C(=O)NO. The van der Waals surface area contributed by atoms with Gasteiger partial charge < -0.3 is 70.3 Å². The molecule has 3 aromatic rings. The number of imidazole rings is 1. The third kappa shape index (κ3) is 21.0. The number of nitrogens with two attached hydrogens (primary N) is 6. The highest BCUT2D eigenvalue weighted by Crippen LogP contribution is 2.18. The summed E-state index contributed by atoms with van der Waals surface area (Å²) >= 11 is 0. The first-order valence-electron chi connectivity index (χ1n) is 15.3. The normalized spacial score (nSPS) is 12.4. The fourth-order valence-corrected chi connectivity index (χ4v) is 3.77. The number of guanidine groups is 2. The number of hydrogen-bond acceptors (Lipinski definition) is 12. The van der Waals surface area contributed by atoms with Crippen molar-refractivity contribution in [2.45, 2.75) is 62.7 Å². The number of hydroxylamine groups is 1. The Hall–Kier alpha value is -5.81. The lowest BCUT2D eigenvalue weighted by Gasteiger charge is -2.06. The molecule has 2 heterocycles. The van der Waals surface area contributed by atoms with Gasteiger partial charge in [-0.1, -0.05) is 18.2 Å². The summed E-state index contributed by atoms with van der Waals surface area (Å²) in [6, 6.07) is 4.51. The number of fused-ring (bicyclic) bond motifs is 1. The van der Waals surface area contributed by atoms with Crippen molar-refractivity contribution in [2.75, 3.05) is 13.1 Å². The van der Waals surface area contributed by atoms with Crippen molar-refractivity contribution in [2.24, 2.45) is 34.4 Å². The van der Waals surface area contributed by atoms with E-state index in [9.17, 15) is 19.2 Å². The molecule has 22 nitrogen and oxygen atoms in total. The number of benzene rings is 1. The van der Waals surface area contributed by atoms with E-state index in [2.05, 4.69) is 25.6 Å². The quantitative estimate of drug-likeness (QED) is 0.0234. The first-order chi connectivity index (χ1) is 24.0. The zero-order valence-corrected chi connectivity index (χ0v) is 27.8. The molecule has 2 aromatic heterocycles. The number of aromatic amines is 2. The Kier molecular flexibility index (Phi) is 22.3. The lowest BCUT2D eigenvalue weighted by atomic mass is 10.1. The first kappa shape index (κ1) is 45.2. The van der Waals surface area contributed by atoms with E-state index in [1.165, 1.54) is 11.8 Å². The number of H-pyrrole nitrogens is 2. The molecule has 23 N–H and O–H groups in total. The van der Waals surface area contributed by atoms with Gasteiger partial charge in [0, 0.05) is 49.2 Å². The molecule has 0 spiro atoms. The molecule has 22 heteroatoms. The van der Waals surface area contributed by atoms with Gasteiger partial charge in [0.25, 0.3) is 5.91 Å². The molecule has 0 saturated carbocycles. The van der Waals surface area contributed by atoms with Crippen molar-refractivity contribution in [3.8, 4) is 0 Å². The van der Waals surface area contributed by atoms with Crippen molar-refractivity contribution >= 4 is 46.6 Å². The van der Waals surface area contributed by atoms with Crippen molar-refractivity contribution in [3.05, 3.63) is 54.2 Å². The third-order valence-corrected chi connectivity index (χ3v) is 6.51. The monoisotopic (exact) mass is 722 g/mol. The van der Waals surface area contributed by atoms with Crippen LogP contribution in [0.25, 0.3) is 10.9 Å². The van der Waals surface area contributed by atoms with E-state index in [0.717, 1.165) is 16.5 Å². The van der Waals surface area contributed by atoms with Gasteiger partial charge in [0.1, 0.15) is 18.1 Å². The fraction of sp³-hybridized carbons (Fsp3) is 0.414. The van der Waals surface area contributed by atoms with Crippen LogP contribution >= 0.6 is 0 Å². The van der Waals surface area contributed by atoms with Gasteiger partial charge in [-0.05, 0) is 37.3 Å². The van der Waals surface area contributed by atoms with E-state index < -0.39 is 48.0 Å². The number of nitrogens with one attached hydrogen (secondary N) is 7. The van der Waals surface area contributed by atoms with Crippen LogP contribution in [0.1, 0.15) is 36.9 Å². The third-order valence-electron chi connectivity index (χ3n) is 6.51. The van der Waals surface area contributed by atoms with Gasteiger partial charge in [0.05, 0.1) is 18.1 Å². The van der Waals surface area contributed by atoms with Gasteiger partial charge in [-0.25, -0.2) is 10.5 Å². The molecule has 0 fully saturated rings. The summed E-state index contributed by atoms with van der Waals surface area (Å²) in [5.41, 5.74) is 35.4. The second kappa shape index (κ2) is 25.2. The predicted octanol–water partition coefficient (Wildman–Crippen LogP) is -2.77. The number of aromatic nitrogens is 3. The highest BCUT2D eigenvalue weighted by atomic mass is 16.5. The maximum atomic E-state index is 10.7. The Morgan fingerprint density at radius 2 is 1.27 bits per heavy atom. The molecular formula is C29H50N14O8. The van der Waals surface area contributed by atoms with Crippen LogP contribution in [0.2, 0.25) is 0 Å². The molecule has 284 valence electrons. The van der Waals surface area contributed by atoms with Crippen LogP contribution in [0, 0.1) is 10.8 Å². The predicted molar refractivity (Wildman–Crippen MR) is 187 cm³/mol. The molecule has 0 saturated heterocycles. The van der Waals surface area contributed by atoms with Gasteiger partial charge in [-0.15, -0.1) is 0 Å². The van der Waals surface area contributed by atoms with Crippen LogP contribution in [0.4, 0.5) is 0 Å². The Morgan fingerprint density at radius 1 is 0.765 bits per heavy atom.